The third-order valence-electron chi connectivity index (χ3n) is 11.5. The van der Waals surface area contributed by atoms with Gasteiger partial charge in [-0.3, -0.25) is 9.59 Å². The van der Waals surface area contributed by atoms with Crippen LogP contribution >= 0.6 is 0 Å². The molecule has 2 aromatic carbocycles. The number of carboxylic acid groups (broad SMARTS) is 1. The second-order valence-electron chi connectivity index (χ2n) is 17.2. The number of hydrogen-bond donors (Lipinski definition) is 2. The fourth-order valence-corrected chi connectivity index (χ4v) is 10.8. The summed E-state index contributed by atoms with van der Waals surface area (Å²) in [5.41, 5.74) is 2.52. The molecule has 0 fully saturated rings. The van der Waals surface area contributed by atoms with Crippen molar-refractivity contribution in [2.75, 3.05) is 49.6 Å². The van der Waals surface area contributed by atoms with Crippen LogP contribution in [0.25, 0.3) is 0 Å². The minimum atomic E-state index is -4.75. The Morgan fingerprint density at radius 2 is 1.35 bits per heavy atom. The van der Waals surface area contributed by atoms with Crippen LogP contribution in [-0.2, 0) is 60.8 Å². The number of aliphatic carboxylic acids is 1. The van der Waals surface area contributed by atoms with Gasteiger partial charge in [-0.25, -0.2) is 33.7 Å². The molecule has 2 heterocycles. The molecule has 18 nitrogen and oxygen atoms in total. The van der Waals surface area contributed by atoms with E-state index in [4.69, 9.17) is 5.11 Å². The molecule has 0 aliphatic carbocycles. The number of nitrogens with one attached hydrogen (secondary N) is 1. The Balaban J connectivity index is 1.56. The van der Waals surface area contributed by atoms with E-state index in [0.717, 1.165) is 15.7 Å². The van der Waals surface area contributed by atoms with Gasteiger partial charge in [0.25, 0.3) is 0 Å². The molecule has 0 saturated carbocycles. The van der Waals surface area contributed by atoms with Crippen molar-refractivity contribution in [1.29, 1.82) is 0 Å². The monoisotopic (exact) mass is 994 g/mol. The highest BCUT2D eigenvalue weighted by Gasteiger charge is 2.45. The molecule has 66 heavy (non-hydrogen) atoms. The maximum Gasteiger partial charge on any atom is 0.303 e. The molecule has 1 amide bonds. The average Bonchev–Trinajstić information content (AvgIpc) is 3.54. The minimum Gasteiger partial charge on any atom is -0.748 e. The summed E-state index contributed by atoms with van der Waals surface area (Å²) >= 11 is 0. The van der Waals surface area contributed by atoms with Gasteiger partial charge in [0.05, 0.1) is 42.0 Å². The van der Waals surface area contributed by atoms with Crippen LogP contribution in [0.1, 0.15) is 90.2 Å². The number of hydrogen-bond acceptors (Lipinski definition) is 14. The van der Waals surface area contributed by atoms with Gasteiger partial charge in [0.15, 0.2) is 5.71 Å². The number of unbranched alkanes of at least 4 members (excludes halogenated alkanes) is 4. The zero-order valence-corrected chi connectivity index (χ0v) is 40.9. The van der Waals surface area contributed by atoms with Crippen LogP contribution < -0.4 is 10.2 Å². The molecule has 2 aliphatic rings. The van der Waals surface area contributed by atoms with Gasteiger partial charge < -0.3 is 29.0 Å². The first kappa shape index (κ1) is 54.1. The number of sulfonamides is 1. The Labute approximate surface area is 388 Å². The lowest BCUT2D eigenvalue weighted by Crippen LogP contribution is -2.38. The summed E-state index contributed by atoms with van der Waals surface area (Å²) in [6.45, 7) is 8.01. The SMILES string of the molecule is CN(CC(=O)NCCCCCC(=O)O)S(=O)(=O)c1ccc2c(c1)C(C)(C)C(/C=C/C=C/C=C/C=C1/N(CCCCS(=O)(=O)[O-])c3ccc(S(=O)(=O)[O-])cc3C1(C)C)=[N+]2CCCCS(=O)(=O)[O-]. The van der Waals surface area contributed by atoms with Crippen LogP contribution in [0.15, 0.2) is 94.4 Å². The van der Waals surface area contributed by atoms with Crippen molar-refractivity contribution in [2.24, 2.45) is 0 Å². The van der Waals surface area contributed by atoms with Crippen LogP contribution in [0.4, 0.5) is 11.4 Å². The van der Waals surface area contributed by atoms with Crippen LogP contribution in [-0.4, -0.2) is 124 Å². The number of carbonyl (C=O) groups excluding carboxylic acids is 1. The molecule has 0 radical (unpaired) electrons. The van der Waals surface area contributed by atoms with Crippen molar-refractivity contribution in [3.05, 3.63) is 95.8 Å². The number of benzene rings is 2. The van der Waals surface area contributed by atoms with Crippen LogP contribution in [0.5, 0.6) is 0 Å². The quantitative estimate of drug-likeness (QED) is 0.0605. The largest absolute Gasteiger partial charge is 0.748 e. The molecule has 0 saturated heterocycles. The predicted molar refractivity (Wildman–Crippen MR) is 246 cm³/mol. The molecule has 2 aliphatic heterocycles. The van der Waals surface area contributed by atoms with E-state index in [2.05, 4.69) is 5.32 Å². The second-order valence-corrected chi connectivity index (χ2v) is 23.7. The number of rotatable bonds is 25. The summed E-state index contributed by atoms with van der Waals surface area (Å²) in [5.74, 6) is -2.48. The van der Waals surface area contributed by atoms with Gasteiger partial charge >= 0.3 is 5.97 Å². The number of likely N-dealkylation sites (N-methyl/N-ethyl adjacent to an activating group) is 1. The van der Waals surface area contributed by atoms with E-state index in [9.17, 15) is 56.9 Å². The van der Waals surface area contributed by atoms with Crippen LogP contribution in [0.3, 0.4) is 0 Å². The molecule has 4 rings (SSSR count). The first-order valence-electron chi connectivity index (χ1n) is 21.3. The molecular weight excluding hydrogens is 937 g/mol. The van der Waals surface area contributed by atoms with Crippen molar-refractivity contribution in [3.8, 4) is 0 Å². The highest BCUT2D eigenvalue weighted by molar-refractivity contribution is 7.89. The highest BCUT2D eigenvalue weighted by Crippen LogP contribution is 2.48. The first-order valence-corrected chi connectivity index (χ1v) is 27.3. The lowest BCUT2D eigenvalue weighted by atomic mass is 9.81. The Kier molecular flexibility index (Phi) is 18.1. The van der Waals surface area contributed by atoms with Gasteiger partial charge in [0, 0.05) is 79.0 Å². The smallest absolute Gasteiger partial charge is 0.303 e. The maximum atomic E-state index is 13.7. The number of amides is 1. The average molecular weight is 995 g/mol. The van der Waals surface area contributed by atoms with Crippen molar-refractivity contribution >= 4 is 69.3 Å². The Morgan fingerprint density at radius 3 is 1.98 bits per heavy atom. The van der Waals surface area contributed by atoms with Gasteiger partial charge in [-0.2, -0.15) is 8.88 Å². The van der Waals surface area contributed by atoms with Crippen molar-refractivity contribution in [3.63, 3.8) is 0 Å². The van der Waals surface area contributed by atoms with Crippen LogP contribution in [0, 0.1) is 0 Å². The molecule has 0 aromatic heterocycles. The van der Waals surface area contributed by atoms with E-state index in [1.54, 1.807) is 42.5 Å². The summed E-state index contributed by atoms with van der Waals surface area (Å²) in [6, 6.07) is 8.76. The minimum absolute atomic E-state index is 0.0268. The van der Waals surface area contributed by atoms with E-state index in [1.165, 1.54) is 31.3 Å². The summed E-state index contributed by atoms with van der Waals surface area (Å²) < 4.78 is 134. The van der Waals surface area contributed by atoms with Crippen LogP contribution in [0.2, 0.25) is 0 Å². The number of carbonyl (C=O) groups is 2. The molecule has 0 unspecified atom stereocenters. The van der Waals surface area contributed by atoms with E-state index in [1.807, 2.05) is 49.3 Å². The van der Waals surface area contributed by atoms with Crippen molar-refractivity contribution in [1.82, 2.24) is 9.62 Å². The van der Waals surface area contributed by atoms with Crippen molar-refractivity contribution < 1.29 is 66.6 Å². The van der Waals surface area contributed by atoms with E-state index >= 15 is 0 Å². The summed E-state index contributed by atoms with van der Waals surface area (Å²) in [6.07, 6.45) is 15.0. The number of carboxylic acids is 1. The fraction of sp³-hybridized carbons (Fsp3) is 0.477. The van der Waals surface area contributed by atoms with E-state index in [0.29, 0.717) is 67.7 Å². The normalized spacial score (nSPS) is 16.9. The van der Waals surface area contributed by atoms with Gasteiger partial charge in [-0.1, -0.05) is 50.6 Å². The third kappa shape index (κ3) is 14.5. The molecule has 0 spiro atoms. The zero-order chi connectivity index (χ0) is 49.3. The predicted octanol–water partition coefficient (Wildman–Crippen LogP) is 4.35. The summed E-state index contributed by atoms with van der Waals surface area (Å²) in [7, 11) is -16.4. The van der Waals surface area contributed by atoms with Gasteiger partial charge in [0.1, 0.15) is 16.7 Å². The number of anilines is 1. The molecule has 2 N–H and O–H groups in total. The number of allylic oxidation sites excluding steroid dienone is 8. The molecule has 0 atom stereocenters. The zero-order valence-electron chi connectivity index (χ0n) is 37.6. The first-order chi connectivity index (χ1) is 30.6. The highest BCUT2D eigenvalue weighted by atomic mass is 32.2. The summed E-state index contributed by atoms with van der Waals surface area (Å²) in [4.78, 5) is 24.8. The molecule has 2 aromatic rings. The Hall–Kier alpha value is -4.55. The second kappa shape index (κ2) is 22.0. The van der Waals surface area contributed by atoms with E-state index in [-0.39, 0.29) is 35.6 Å². The third-order valence-corrected chi connectivity index (χ3v) is 15.7. The van der Waals surface area contributed by atoms with E-state index < -0.39 is 81.1 Å². The Morgan fingerprint density at radius 1 is 0.742 bits per heavy atom. The Bertz CT molecular complexity index is 2760. The number of fused-ring (bicyclic) bond motifs is 2. The van der Waals surface area contributed by atoms with Gasteiger partial charge in [0.2, 0.25) is 21.6 Å². The summed E-state index contributed by atoms with van der Waals surface area (Å²) in [5, 5.41) is 11.5. The van der Waals surface area contributed by atoms with Crippen molar-refractivity contribution in [2.45, 2.75) is 99.7 Å². The topological polar surface area (TPSA) is 282 Å². The fourth-order valence-electron chi connectivity index (χ4n) is 8.02. The molecular formula is C44H58N4O14S4-2. The lowest BCUT2D eigenvalue weighted by molar-refractivity contribution is -0.438. The molecule has 364 valence electrons. The maximum absolute atomic E-state index is 13.7. The molecule has 22 heteroatoms. The molecule has 0 bridgehead atoms. The van der Waals surface area contributed by atoms with Gasteiger partial charge in [-0.05, 0) is 87.9 Å². The lowest BCUT2D eigenvalue weighted by Gasteiger charge is -2.27. The number of nitrogens with zero attached hydrogens (tertiary/aromatic N) is 3. The van der Waals surface area contributed by atoms with Gasteiger partial charge in [-0.15, -0.1) is 0 Å². The standard InChI is InChI=1S/C44H60N4O14S4/c1-43(2)35-30-33(65(58,59)46(5)32-41(49)45-25-13-9-12-20-42(50)51)21-23-37(35)47(26-14-16-28-63(52,53)54)39(43)18-10-7-6-8-11-19-40-44(3,4)36-31-34(66(60,61)62)22-24-38(36)48(40)27-15-17-29-64(55,56)57/h6-8,10-11,18-19,21-24,30-31H,9,12-17,20,25-29,32H2,1-5H3,(H4-,45,49,50,51,52,53,54,55,56,57,60,61,62)/p-2.